The summed E-state index contributed by atoms with van der Waals surface area (Å²) >= 11 is 1.62. The molecular formula is C20H19N3O4S. The number of hydrogen-bond acceptors (Lipinski definition) is 7. The zero-order chi connectivity index (χ0) is 18.9. The van der Waals surface area contributed by atoms with E-state index in [9.17, 15) is 4.79 Å². The molecule has 1 saturated heterocycles. The lowest BCUT2D eigenvalue weighted by Crippen LogP contribution is -2.38. The van der Waals surface area contributed by atoms with Gasteiger partial charge in [-0.1, -0.05) is 11.2 Å². The Hall–Kier alpha value is -2.87. The fourth-order valence-corrected chi connectivity index (χ4v) is 4.30. The van der Waals surface area contributed by atoms with Crippen LogP contribution in [0.5, 0.6) is 11.5 Å². The maximum atomic E-state index is 12.4. The number of likely N-dealkylation sites (tertiary alicyclic amines) is 1. The number of nitrogens with zero attached hydrogens (tertiary/aromatic N) is 3. The molecule has 2 aliphatic heterocycles. The van der Waals surface area contributed by atoms with Crippen molar-refractivity contribution >= 4 is 17.2 Å². The number of hydrogen-bond donors (Lipinski definition) is 0. The maximum absolute atomic E-state index is 12.4. The van der Waals surface area contributed by atoms with Crippen LogP contribution in [0.3, 0.4) is 0 Å². The van der Waals surface area contributed by atoms with Gasteiger partial charge in [0.15, 0.2) is 11.5 Å². The normalized spacial score (nSPS) is 16.5. The SMILES string of the molecule is O=C(Cc1cccs1)N1CCC(c2nc(-c3ccc4c(c3)OCO4)no2)CC1. The molecule has 0 radical (unpaired) electrons. The number of fused-ring (bicyclic) bond motifs is 1. The number of piperidine rings is 1. The van der Waals surface area contributed by atoms with E-state index in [1.54, 1.807) is 11.3 Å². The number of carbonyl (C=O) groups is 1. The van der Waals surface area contributed by atoms with Gasteiger partial charge in [0, 0.05) is 29.4 Å². The monoisotopic (exact) mass is 397 g/mol. The molecule has 28 heavy (non-hydrogen) atoms. The van der Waals surface area contributed by atoms with Gasteiger partial charge in [0.2, 0.25) is 24.4 Å². The predicted octanol–water partition coefficient (Wildman–Crippen LogP) is 3.48. The molecule has 1 aromatic carbocycles. The van der Waals surface area contributed by atoms with E-state index in [0.717, 1.165) is 42.1 Å². The van der Waals surface area contributed by atoms with E-state index < -0.39 is 0 Å². The first-order chi connectivity index (χ1) is 13.8. The standard InChI is InChI=1S/C20H19N3O4S/c24-18(11-15-2-1-9-28-15)23-7-5-13(6-8-23)20-21-19(22-27-20)14-3-4-16-17(10-14)26-12-25-16/h1-4,9-10,13H,5-8,11-12H2. The lowest BCUT2D eigenvalue weighted by molar-refractivity contribution is -0.131. The number of rotatable bonds is 4. The summed E-state index contributed by atoms with van der Waals surface area (Å²) < 4.78 is 16.3. The smallest absolute Gasteiger partial charge is 0.231 e. The number of aromatic nitrogens is 2. The van der Waals surface area contributed by atoms with E-state index in [2.05, 4.69) is 10.1 Å². The van der Waals surface area contributed by atoms with Crippen molar-refractivity contribution in [2.45, 2.75) is 25.2 Å². The maximum Gasteiger partial charge on any atom is 0.231 e. The minimum Gasteiger partial charge on any atom is -0.454 e. The third kappa shape index (κ3) is 3.35. The van der Waals surface area contributed by atoms with Gasteiger partial charge in [0.05, 0.1) is 6.42 Å². The molecule has 0 N–H and O–H groups in total. The second kappa shape index (κ2) is 7.27. The highest BCUT2D eigenvalue weighted by molar-refractivity contribution is 7.10. The average Bonchev–Trinajstić information content (AvgIpc) is 3.48. The fourth-order valence-electron chi connectivity index (χ4n) is 3.60. The van der Waals surface area contributed by atoms with Crippen LogP contribution in [0, 0.1) is 0 Å². The van der Waals surface area contributed by atoms with E-state index in [1.165, 1.54) is 0 Å². The van der Waals surface area contributed by atoms with E-state index in [0.29, 0.717) is 23.9 Å². The summed E-state index contributed by atoms with van der Waals surface area (Å²) in [5, 5.41) is 6.13. The number of carbonyl (C=O) groups excluding carboxylic acids is 1. The molecule has 0 saturated carbocycles. The van der Waals surface area contributed by atoms with Crippen LogP contribution in [0.2, 0.25) is 0 Å². The number of thiophene rings is 1. The molecule has 2 aliphatic rings. The molecule has 0 bridgehead atoms. The van der Waals surface area contributed by atoms with Gasteiger partial charge in [-0.3, -0.25) is 4.79 Å². The van der Waals surface area contributed by atoms with Crippen LogP contribution < -0.4 is 9.47 Å². The van der Waals surface area contributed by atoms with Gasteiger partial charge in [0.1, 0.15) is 0 Å². The Morgan fingerprint density at radius 2 is 2.04 bits per heavy atom. The van der Waals surface area contributed by atoms with Gasteiger partial charge < -0.3 is 18.9 Å². The highest BCUT2D eigenvalue weighted by Gasteiger charge is 2.28. The summed E-state index contributed by atoms with van der Waals surface area (Å²) in [4.78, 5) is 20.1. The van der Waals surface area contributed by atoms with Gasteiger partial charge in [-0.2, -0.15) is 4.98 Å². The molecule has 0 atom stereocenters. The van der Waals surface area contributed by atoms with Gasteiger partial charge >= 0.3 is 0 Å². The molecular weight excluding hydrogens is 378 g/mol. The molecule has 1 fully saturated rings. The van der Waals surface area contributed by atoms with Crippen molar-refractivity contribution in [1.29, 1.82) is 0 Å². The molecule has 0 unspecified atom stereocenters. The van der Waals surface area contributed by atoms with Crippen LogP contribution in [0.4, 0.5) is 0 Å². The number of amides is 1. The van der Waals surface area contributed by atoms with Crippen molar-refractivity contribution < 1.29 is 18.8 Å². The molecule has 7 nitrogen and oxygen atoms in total. The topological polar surface area (TPSA) is 77.7 Å². The summed E-state index contributed by atoms with van der Waals surface area (Å²) in [6.45, 7) is 1.67. The third-order valence-electron chi connectivity index (χ3n) is 5.17. The lowest BCUT2D eigenvalue weighted by Gasteiger charge is -2.30. The van der Waals surface area contributed by atoms with Crippen molar-refractivity contribution in [2.24, 2.45) is 0 Å². The van der Waals surface area contributed by atoms with Crippen LogP contribution in [-0.4, -0.2) is 40.8 Å². The molecule has 5 rings (SSSR count). The predicted molar refractivity (Wildman–Crippen MR) is 102 cm³/mol. The second-order valence-corrected chi connectivity index (χ2v) is 7.97. The van der Waals surface area contributed by atoms with Gasteiger partial charge in [-0.05, 0) is 42.5 Å². The Labute approximate surface area is 165 Å². The summed E-state index contributed by atoms with van der Waals surface area (Å²) in [5.74, 6) is 2.98. The Balaban J connectivity index is 1.22. The van der Waals surface area contributed by atoms with Crippen molar-refractivity contribution in [3.63, 3.8) is 0 Å². The summed E-state index contributed by atoms with van der Waals surface area (Å²) in [6.07, 6.45) is 2.15. The van der Waals surface area contributed by atoms with Crippen molar-refractivity contribution in [3.8, 4) is 22.9 Å². The molecule has 0 spiro atoms. The van der Waals surface area contributed by atoms with Crippen LogP contribution in [0.1, 0.15) is 29.5 Å². The average molecular weight is 397 g/mol. The lowest BCUT2D eigenvalue weighted by atomic mass is 9.96. The Bertz CT molecular complexity index is 977. The zero-order valence-corrected chi connectivity index (χ0v) is 16.0. The van der Waals surface area contributed by atoms with E-state index >= 15 is 0 Å². The minimum absolute atomic E-state index is 0.182. The molecule has 1 amide bonds. The minimum atomic E-state index is 0.182. The Morgan fingerprint density at radius 1 is 1.18 bits per heavy atom. The molecule has 2 aromatic heterocycles. The van der Waals surface area contributed by atoms with Gasteiger partial charge in [-0.15, -0.1) is 11.3 Å². The highest BCUT2D eigenvalue weighted by atomic mass is 32.1. The Morgan fingerprint density at radius 3 is 2.86 bits per heavy atom. The molecule has 144 valence electrons. The largest absolute Gasteiger partial charge is 0.454 e. The third-order valence-corrected chi connectivity index (χ3v) is 6.05. The van der Waals surface area contributed by atoms with E-state index in [1.807, 2.05) is 40.6 Å². The van der Waals surface area contributed by atoms with Crippen molar-refractivity contribution in [2.75, 3.05) is 19.9 Å². The van der Waals surface area contributed by atoms with Crippen molar-refractivity contribution in [1.82, 2.24) is 15.0 Å². The van der Waals surface area contributed by atoms with Gasteiger partial charge in [-0.25, -0.2) is 0 Å². The molecule has 0 aliphatic carbocycles. The first-order valence-electron chi connectivity index (χ1n) is 9.30. The summed E-state index contributed by atoms with van der Waals surface area (Å²) in [5.41, 5.74) is 0.836. The van der Waals surface area contributed by atoms with Crippen LogP contribution in [0.15, 0.2) is 40.2 Å². The number of benzene rings is 1. The van der Waals surface area contributed by atoms with E-state index in [4.69, 9.17) is 14.0 Å². The molecule has 8 heteroatoms. The number of ether oxygens (including phenoxy) is 2. The molecule has 4 heterocycles. The highest BCUT2D eigenvalue weighted by Crippen LogP contribution is 2.36. The van der Waals surface area contributed by atoms with E-state index in [-0.39, 0.29) is 18.6 Å². The van der Waals surface area contributed by atoms with Crippen LogP contribution in [-0.2, 0) is 11.2 Å². The van der Waals surface area contributed by atoms with Crippen LogP contribution >= 0.6 is 11.3 Å². The quantitative estimate of drug-likeness (QED) is 0.671. The first kappa shape index (κ1) is 17.2. The molecule has 3 aromatic rings. The summed E-state index contributed by atoms with van der Waals surface area (Å²) in [7, 11) is 0. The first-order valence-corrected chi connectivity index (χ1v) is 10.2. The fraction of sp³-hybridized carbons (Fsp3) is 0.350. The zero-order valence-electron chi connectivity index (χ0n) is 15.2. The van der Waals surface area contributed by atoms with Crippen molar-refractivity contribution in [3.05, 3.63) is 46.5 Å². The second-order valence-electron chi connectivity index (χ2n) is 6.94. The van der Waals surface area contributed by atoms with Gasteiger partial charge in [0.25, 0.3) is 0 Å². The Kier molecular flexibility index (Phi) is 4.48. The van der Waals surface area contributed by atoms with Crippen LogP contribution in [0.25, 0.3) is 11.4 Å². The summed E-state index contributed by atoms with van der Waals surface area (Å²) in [6, 6.07) is 9.60.